The molecule has 0 radical (unpaired) electrons. The van der Waals surface area contributed by atoms with Crippen LogP contribution in [-0.4, -0.2) is 46.5 Å². The van der Waals surface area contributed by atoms with E-state index in [1.54, 1.807) is 12.1 Å². The summed E-state index contributed by atoms with van der Waals surface area (Å²) < 4.78 is 6.41. The van der Waals surface area contributed by atoms with E-state index in [1.165, 1.54) is 0 Å². The van der Waals surface area contributed by atoms with E-state index in [0.717, 1.165) is 48.8 Å². The summed E-state index contributed by atoms with van der Waals surface area (Å²) in [6.45, 7) is 4.77. The van der Waals surface area contributed by atoms with Gasteiger partial charge in [0.25, 0.3) is 5.91 Å². The molecule has 0 bridgehead atoms. The number of hydrogen-bond donors (Lipinski definition) is 2. The van der Waals surface area contributed by atoms with Gasteiger partial charge in [-0.3, -0.25) is 14.5 Å². The molecule has 0 aliphatic carbocycles. The number of rotatable bonds is 9. The zero-order valence-corrected chi connectivity index (χ0v) is 21.4. The van der Waals surface area contributed by atoms with Crippen molar-refractivity contribution in [3.8, 4) is 11.4 Å². The quantitative estimate of drug-likeness (QED) is 0.376. The Morgan fingerprint density at radius 1 is 1.14 bits per heavy atom. The molecular weight excluding hydrogens is 510 g/mol. The number of piperidine rings is 1. The van der Waals surface area contributed by atoms with Crippen LogP contribution in [0.5, 0.6) is 0 Å². The van der Waals surface area contributed by atoms with Crippen LogP contribution < -0.4 is 10.6 Å². The number of aromatic nitrogens is 2. The van der Waals surface area contributed by atoms with E-state index in [4.69, 9.17) is 4.52 Å². The molecule has 2 aromatic carbocycles. The highest BCUT2D eigenvalue weighted by Crippen LogP contribution is 2.24. The van der Waals surface area contributed by atoms with Gasteiger partial charge in [0.15, 0.2) is 0 Å². The summed E-state index contributed by atoms with van der Waals surface area (Å²) in [6, 6.07) is 14.9. The first-order valence-electron chi connectivity index (χ1n) is 12.0. The molecule has 2 heterocycles. The van der Waals surface area contributed by atoms with Crippen LogP contribution in [0.4, 0.5) is 5.69 Å². The number of carbonyl (C=O) groups is 2. The number of likely N-dealkylation sites (tertiary alicyclic amines) is 1. The number of hydrogen-bond acceptors (Lipinski definition) is 6. The van der Waals surface area contributed by atoms with Gasteiger partial charge in [0.05, 0.1) is 17.8 Å². The predicted molar refractivity (Wildman–Crippen MR) is 138 cm³/mol. The van der Waals surface area contributed by atoms with Crippen molar-refractivity contribution in [2.45, 2.75) is 39.2 Å². The third-order valence-corrected chi connectivity index (χ3v) is 6.61. The van der Waals surface area contributed by atoms with Crippen LogP contribution in [0.1, 0.15) is 48.9 Å². The van der Waals surface area contributed by atoms with Crippen LogP contribution in [0.15, 0.2) is 57.5 Å². The van der Waals surface area contributed by atoms with Gasteiger partial charge in [0.1, 0.15) is 0 Å². The molecule has 0 spiro atoms. The highest BCUT2D eigenvalue weighted by atomic mass is 79.9. The van der Waals surface area contributed by atoms with Crippen LogP contribution >= 0.6 is 15.9 Å². The van der Waals surface area contributed by atoms with E-state index in [1.807, 2.05) is 36.4 Å². The first-order chi connectivity index (χ1) is 17.0. The van der Waals surface area contributed by atoms with Crippen molar-refractivity contribution < 1.29 is 14.1 Å². The Hall–Kier alpha value is -3.04. The first-order valence-corrected chi connectivity index (χ1v) is 12.8. The standard InChI is InChI=1S/C26H30BrN5O3/c1-2-3-13-28-26(34)21-9-4-5-10-22(21)29-25(33)18-11-14-32(15-12-18)17-23-30-24(31-35-23)19-7-6-8-20(27)16-19/h4-10,16,18H,2-3,11-15,17H2,1H3,(H,28,34)(H,29,33). The minimum Gasteiger partial charge on any atom is -0.352 e. The van der Waals surface area contributed by atoms with Gasteiger partial charge in [0, 0.05) is 22.5 Å². The van der Waals surface area contributed by atoms with E-state index in [-0.39, 0.29) is 17.7 Å². The largest absolute Gasteiger partial charge is 0.352 e. The normalized spacial score (nSPS) is 14.6. The Bertz CT molecular complexity index is 1160. The molecular formula is C26H30BrN5O3. The maximum Gasteiger partial charge on any atom is 0.253 e. The second kappa shape index (κ2) is 12.1. The number of anilines is 1. The molecule has 2 amide bonds. The smallest absolute Gasteiger partial charge is 0.253 e. The molecule has 0 atom stereocenters. The van der Waals surface area contributed by atoms with Crippen molar-refractivity contribution in [1.82, 2.24) is 20.4 Å². The van der Waals surface area contributed by atoms with Gasteiger partial charge in [-0.05, 0) is 56.6 Å². The van der Waals surface area contributed by atoms with E-state index in [9.17, 15) is 9.59 Å². The van der Waals surface area contributed by atoms with Gasteiger partial charge in [0.2, 0.25) is 17.6 Å². The van der Waals surface area contributed by atoms with Crippen LogP contribution in [-0.2, 0) is 11.3 Å². The lowest BCUT2D eigenvalue weighted by Gasteiger charge is -2.30. The fraction of sp³-hybridized carbons (Fsp3) is 0.385. The fourth-order valence-corrected chi connectivity index (χ4v) is 4.51. The third-order valence-electron chi connectivity index (χ3n) is 6.11. The Morgan fingerprint density at radius 3 is 2.71 bits per heavy atom. The molecule has 8 nitrogen and oxygen atoms in total. The number of halogens is 1. The number of carbonyl (C=O) groups excluding carboxylic acids is 2. The predicted octanol–water partition coefficient (Wildman–Crippen LogP) is 4.88. The molecule has 35 heavy (non-hydrogen) atoms. The third kappa shape index (κ3) is 6.76. The van der Waals surface area contributed by atoms with E-state index in [0.29, 0.717) is 36.1 Å². The molecule has 9 heteroatoms. The second-order valence-corrected chi connectivity index (χ2v) is 9.63. The van der Waals surface area contributed by atoms with Gasteiger partial charge in [-0.2, -0.15) is 4.98 Å². The molecule has 3 aromatic rings. The van der Waals surface area contributed by atoms with Gasteiger partial charge >= 0.3 is 0 Å². The SMILES string of the molecule is CCCCNC(=O)c1ccccc1NC(=O)C1CCN(Cc2nc(-c3cccc(Br)c3)no2)CC1. The number of para-hydroxylation sites is 1. The maximum absolute atomic E-state index is 12.9. The summed E-state index contributed by atoms with van der Waals surface area (Å²) in [7, 11) is 0. The van der Waals surface area contributed by atoms with Gasteiger partial charge in [-0.25, -0.2) is 0 Å². The number of unbranched alkanes of at least 4 members (excludes halogenated alkanes) is 1. The molecule has 4 rings (SSSR count). The van der Waals surface area contributed by atoms with Crippen molar-refractivity contribution in [3.05, 3.63) is 64.5 Å². The topological polar surface area (TPSA) is 100 Å². The summed E-state index contributed by atoms with van der Waals surface area (Å²) in [4.78, 5) is 32.2. The minimum absolute atomic E-state index is 0.0480. The lowest BCUT2D eigenvalue weighted by molar-refractivity contribution is -0.121. The molecule has 184 valence electrons. The Morgan fingerprint density at radius 2 is 1.94 bits per heavy atom. The maximum atomic E-state index is 12.9. The second-order valence-electron chi connectivity index (χ2n) is 8.72. The lowest BCUT2D eigenvalue weighted by atomic mass is 9.95. The fourth-order valence-electron chi connectivity index (χ4n) is 4.11. The molecule has 0 saturated carbocycles. The first kappa shape index (κ1) is 25.1. The Labute approximate surface area is 213 Å². The highest BCUT2D eigenvalue weighted by Gasteiger charge is 2.27. The van der Waals surface area contributed by atoms with E-state index < -0.39 is 0 Å². The average molecular weight is 540 g/mol. The monoisotopic (exact) mass is 539 g/mol. The van der Waals surface area contributed by atoms with Crippen molar-refractivity contribution in [2.75, 3.05) is 25.0 Å². The molecule has 1 aromatic heterocycles. The van der Waals surface area contributed by atoms with Gasteiger partial charge < -0.3 is 15.2 Å². The van der Waals surface area contributed by atoms with Gasteiger partial charge in [-0.15, -0.1) is 0 Å². The Kier molecular flexibility index (Phi) is 8.65. The van der Waals surface area contributed by atoms with Gasteiger partial charge in [-0.1, -0.05) is 58.7 Å². The van der Waals surface area contributed by atoms with Crippen molar-refractivity contribution in [2.24, 2.45) is 5.92 Å². The molecule has 1 fully saturated rings. The average Bonchev–Trinajstić information content (AvgIpc) is 3.33. The summed E-state index contributed by atoms with van der Waals surface area (Å²) in [5.74, 6) is 0.806. The van der Waals surface area contributed by atoms with E-state index >= 15 is 0 Å². The summed E-state index contributed by atoms with van der Waals surface area (Å²) in [6.07, 6.45) is 3.39. The molecule has 1 saturated heterocycles. The molecule has 1 aliphatic heterocycles. The zero-order valence-electron chi connectivity index (χ0n) is 19.8. The lowest BCUT2D eigenvalue weighted by Crippen LogP contribution is -2.38. The number of nitrogens with one attached hydrogen (secondary N) is 2. The summed E-state index contributed by atoms with van der Waals surface area (Å²) in [5, 5.41) is 10.00. The van der Waals surface area contributed by atoms with Crippen molar-refractivity contribution in [3.63, 3.8) is 0 Å². The van der Waals surface area contributed by atoms with Crippen LogP contribution in [0, 0.1) is 5.92 Å². The highest BCUT2D eigenvalue weighted by molar-refractivity contribution is 9.10. The number of nitrogens with zero attached hydrogens (tertiary/aromatic N) is 3. The summed E-state index contributed by atoms with van der Waals surface area (Å²) in [5.41, 5.74) is 1.94. The van der Waals surface area contributed by atoms with Crippen molar-refractivity contribution >= 4 is 33.4 Å². The zero-order chi connectivity index (χ0) is 24.6. The van der Waals surface area contributed by atoms with Crippen LogP contribution in [0.25, 0.3) is 11.4 Å². The number of benzene rings is 2. The molecule has 2 N–H and O–H groups in total. The Balaban J connectivity index is 1.29. The minimum atomic E-state index is -0.161. The van der Waals surface area contributed by atoms with Crippen LogP contribution in [0.2, 0.25) is 0 Å². The van der Waals surface area contributed by atoms with E-state index in [2.05, 4.69) is 48.5 Å². The van der Waals surface area contributed by atoms with Crippen molar-refractivity contribution in [1.29, 1.82) is 0 Å². The number of amides is 2. The van der Waals surface area contributed by atoms with Crippen LogP contribution in [0.3, 0.4) is 0 Å². The summed E-state index contributed by atoms with van der Waals surface area (Å²) >= 11 is 3.46. The molecule has 1 aliphatic rings. The molecule has 0 unspecified atom stereocenters.